The Labute approximate surface area is 136 Å². The molecule has 2 aromatic carbocycles. The fraction of sp³-hybridized carbons (Fsp3) is 0.333. The summed E-state index contributed by atoms with van der Waals surface area (Å²) in [4.78, 5) is 2.31. The summed E-state index contributed by atoms with van der Waals surface area (Å²) in [6.45, 7) is 7.09. The minimum absolute atomic E-state index is 0.904. The minimum Gasteiger partial charge on any atom is -0.370 e. The summed E-state index contributed by atoms with van der Waals surface area (Å²) in [7, 11) is 2.15. The molecular formula is C18H23BrN2. The topological polar surface area (TPSA) is 15.3 Å². The van der Waals surface area contributed by atoms with Crippen molar-refractivity contribution in [3.8, 4) is 0 Å². The predicted octanol–water partition coefficient (Wildman–Crippen LogP) is 4.50. The zero-order chi connectivity index (χ0) is 15.2. The monoisotopic (exact) mass is 346 g/mol. The third kappa shape index (κ3) is 4.58. The number of hydrogen-bond donors (Lipinski definition) is 1. The average Bonchev–Trinajstić information content (AvgIpc) is 2.45. The lowest BCUT2D eigenvalue weighted by Crippen LogP contribution is -2.20. The zero-order valence-electron chi connectivity index (χ0n) is 13.0. The molecule has 0 aliphatic heterocycles. The normalized spacial score (nSPS) is 10.7. The van der Waals surface area contributed by atoms with Crippen molar-refractivity contribution >= 4 is 21.6 Å². The molecule has 1 N–H and O–H groups in total. The molecule has 3 heteroatoms. The standard InChI is InChI=1S/C18H23BrN2/c1-4-20-12-16-10-14(2)8-9-18(16)21(3)13-15-6-5-7-17(19)11-15/h5-11,20H,4,12-13H2,1-3H3. The smallest absolute Gasteiger partial charge is 0.0426 e. The molecule has 112 valence electrons. The van der Waals surface area contributed by atoms with E-state index in [0.29, 0.717) is 0 Å². The molecule has 0 saturated carbocycles. The largest absolute Gasteiger partial charge is 0.370 e. The molecule has 0 heterocycles. The first kappa shape index (κ1) is 16.1. The van der Waals surface area contributed by atoms with Crippen molar-refractivity contribution in [3.05, 3.63) is 63.6 Å². The van der Waals surface area contributed by atoms with Crippen LogP contribution in [0.25, 0.3) is 0 Å². The van der Waals surface area contributed by atoms with Gasteiger partial charge in [-0.1, -0.05) is 52.7 Å². The van der Waals surface area contributed by atoms with E-state index in [1.54, 1.807) is 0 Å². The molecule has 0 bridgehead atoms. The van der Waals surface area contributed by atoms with Crippen LogP contribution in [0.1, 0.15) is 23.6 Å². The van der Waals surface area contributed by atoms with Crippen LogP contribution in [0.5, 0.6) is 0 Å². The number of halogens is 1. The van der Waals surface area contributed by atoms with Crippen LogP contribution in [0.4, 0.5) is 5.69 Å². The van der Waals surface area contributed by atoms with Crippen LogP contribution in [0, 0.1) is 6.92 Å². The lowest BCUT2D eigenvalue weighted by atomic mass is 10.1. The van der Waals surface area contributed by atoms with Gasteiger partial charge >= 0.3 is 0 Å². The number of nitrogens with zero attached hydrogens (tertiary/aromatic N) is 1. The van der Waals surface area contributed by atoms with Crippen molar-refractivity contribution in [2.45, 2.75) is 26.9 Å². The van der Waals surface area contributed by atoms with Crippen molar-refractivity contribution < 1.29 is 0 Å². The third-order valence-corrected chi connectivity index (χ3v) is 4.01. The second kappa shape index (κ2) is 7.62. The van der Waals surface area contributed by atoms with E-state index in [-0.39, 0.29) is 0 Å². The van der Waals surface area contributed by atoms with Crippen LogP contribution in [-0.2, 0) is 13.1 Å². The van der Waals surface area contributed by atoms with Crippen molar-refractivity contribution in [1.29, 1.82) is 0 Å². The van der Waals surface area contributed by atoms with Gasteiger partial charge < -0.3 is 10.2 Å². The number of nitrogens with one attached hydrogen (secondary N) is 1. The van der Waals surface area contributed by atoms with E-state index in [1.165, 1.54) is 22.4 Å². The van der Waals surface area contributed by atoms with Gasteiger partial charge in [0.05, 0.1) is 0 Å². The lowest BCUT2D eigenvalue weighted by molar-refractivity contribution is 0.722. The molecule has 2 nitrogen and oxygen atoms in total. The van der Waals surface area contributed by atoms with Gasteiger partial charge in [-0.15, -0.1) is 0 Å². The average molecular weight is 347 g/mol. The van der Waals surface area contributed by atoms with E-state index in [4.69, 9.17) is 0 Å². The Morgan fingerprint density at radius 2 is 1.95 bits per heavy atom. The van der Waals surface area contributed by atoms with E-state index >= 15 is 0 Å². The number of rotatable bonds is 6. The molecule has 0 unspecified atom stereocenters. The molecule has 0 spiro atoms. The molecule has 21 heavy (non-hydrogen) atoms. The number of hydrogen-bond acceptors (Lipinski definition) is 2. The second-order valence-electron chi connectivity index (χ2n) is 5.40. The number of anilines is 1. The van der Waals surface area contributed by atoms with Crippen molar-refractivity contribution in [2.24, 2.45) is 0 Å². The molecule has 0 aromatic heterocycles. The summed E-state index contributed by atoms with van der Waals surface area (Å²) >= 11 is 3.54. The van der Waals surface area contributed by atoms with Gasteiger partial charge in [-0.25, -0.2) is 0 Å². The van der Waals surface area contributed by atoms with Gasteiger partial charge in [-0.3, -0.25) is 0 Å². The minimum atomic E-state index is 0.904. The van der Waals surface area contributed by atoms with Gasteiger partial charge in [-0.05, 0) is 42.8 Å². The van der Waals surface area contributed by atoms with Gasteiger partial charge in [0.15, 0.2) is 0 Å². The lowest BCUT2D eigenvalue weighted by Gasteiger charge is -2.23. The molecule has 0 amide bonds. The molecule has 0 radical (unpaired) electrons. The Bertz CT molecular complexity index is 596. The third-order valence-electron chi connectivity index (χ3n) is 3.52. The predicted molar refractivity (Wildman–Crippen MR) is 94.8 cm³/mol. The van der Waals surface area contributed by atoms with Crippen LogP contribution in [0.15, 0.2) is 46.9 Å². The highest BCUT2D eigenvalue weighted by molar-refractivity contribution is 9.10. The molecule has 0 atom stereocenters. The maximum absolute atomic E-state index is 3.54. The highest BCUT2D eigenvalue weighted by Gasteiger charge is 2.08. The number of benzene rings is 2. The van der Waals surface area contributed by atoms with Crippen molar-refractivity contribution in [3.63, 3.8) is 0 Å². The molecule has 0 aliphatic rings. The Morgan fingerprint density at radius 1 is 1.14 bits per heavy atom. The first-order valence-electron chi connectivity index (χ1n) is 7.36. The van der Waals surface area contributed by atoms with Gasteiger partial charge in [0.25, 0.3) is 0 Å². The van der Waals surface area contributed by atoms with Crippen molar-refractivity contribution in [1.82, 2.24) is 5.32 Å². The second-order valence-corrected chi connectivity index (χ2v) is 6.31. The highest BCUT2D eigenvalue weighted by atomic mass is 79.9. The van der Waals surface area contributed by atoms with Gasteiger partial charge in [0, 0.05) is 30.3 Å². The molecule has 0 aliphatic carbocycles. The van der Waals surface area contributed by atoms with Crippen LogP contribution < -0.4 is 10.2 Å². The SMILES string of the molecule is CCNCc1cc(C)ccc1N(C)Cc1cccc(Br)c1. The summed E-state index contributed by atoms with van der Waals surface area (Å²) in [5.74, 6) is 0. The summed E-state index contributed by atoms with van der Waals surface area (Å²) in [5, 5.41) is 3.43. The first-order chi connectivity index (χ1) is 10.1. The van der Waals surface area contributed by atoms with Gasteiger partial charge in [-0.2, -0.15) is 0 Å². The van der Waals surface area contributed by atoms with E-state index in [9.17, 15) is 0 Å². The van der Waals surface area contributed by atoms with E-state index < -0.39 is 0 Å². The zero-order valence-corrected chi connectivity index (χ0v) is 14.6. The summed E-state index contributed by atoms with van der Waals surface area (Å²) < 4.78 is 1.13. The molecular weight excluding hydrogens is 324 g/mol. The van der Waals surface area contributed by atoms with E-state index in [0.717, 1.165) is 24.1 Å². The Kier molecular flexibility index (Phi) is 5.83. The molecule has 0 saturated heterocycles. The number of aryl methyl sites for hydroxylation is 1. The maximum Gasteiger partial charge on any atom is 0.0426 e. The maximum atomic E-state index is 3.54. The fourth-order valence-electron chi connectivity index (χ4n) is 2.48. The molecule has 0 fully saturated rings. The molecule has 2 rings (SSSR count). The summed E-state index contributed by atoms with van der Waals surface area (Å²) in [6.07, 6.45) is 0. The van der Waals surface area contributed by atoms with Crippen molar-refractivity contribution in [2.75, 3.05) is 18.5 Å². The first-order valence-corrected chi connectivity index (χ1v) is 8.15. The Balaban J connectivity index is 2.19. The van der Waals surface area contributed by atoms with Crippen LogP contribution >= 0.6 is 15.9 Å². The molecule has 2 aromatic rings. The van der Waals surface area contributed by atoms with Crippen LogP contribution in [-0.4, -0.2) is 13.6 Å². The van der Waals surface area contributed by atoms with Crippen LogP contribution in [0.3, 0.4) is 0 Å². The fourth-order valence-corrected chi connectivity index (χ4v) is 2.93. The Hall–Kier alpha value is -1.32. The Morgan fingerprint density at radius 3 is 2.67 bits per heavy atom. The quantitative estimate of drug-likeness (QED) is 0.828. The van der Waals surface area contributed by atoms with Gasteiger partial charge in [0.1, 0.15) is 0 Å². The van der Waals surface area contributed by atoms with Gasteiger partial charge in [0.2, 0.25) is 0 Å². The summed E-state index contributed by atoms with van der Waals surface area (Å²) in [6, 6.07) is 15.2. The van der Waals surface area contributed by atoms with Crippen LogP contribution in [0.2, 0.25) is 0 Å². The van der Waals surface area contributed by atoms with E-state index in [1.807, 2.05) is 0 Å². The van der Waals surface area contributed by atoms with E-state index in [2.05, 4.69) is 89.5 Å². The summed E-state index contributed by atoms with van der Waals surface area (Å²) in [5.41, 5.74) is 5.26. The highest BCUT2D eigenvalue weighted by Crippen LogP contribution is 2.23.